The summed E-state index contributed by atoms with van der Waals surface area (Å²) in [6, 6.07) is 11.1. The summed E-state index contributed by atoms with van der Waals surface area (Å²) in [6.45, 7) is 0.406. The molecular formula is C16H15NO4. The monoisotopic (exact) mass is 285 g/mol. The lowest BCUT2D eigenvalue weighted by Gasteiger charge is -2.07. The Morgan fingerprint density at radius 1 is 1.29 bits per heavy atom. The minimum Gasteiger partial charge on any atom is -0.497 e. The van der Waals surface area contributed by atoms with E-state index in [-0.39, 0.29) is 0 Å². The molecule has 0 atom stereocenters. The van der Waals surface area contributed by atoms with Crippen molar-refractivity contribution in [3.05, 3.63) is 59.9 Å². The fraction of sp³-hybridized carbons (Fsp3) is 0.125. The lowest BCUT2D eigenvalue weighted by Crippen LogP contribution is -1.96. The summed E-state index contributed by atoms with van der Waals surface area (Å²) in [7, 11) is 1.62. The molecule has 1 aromatic heterocycles. The summed E-state index contributed by atoms with van der Waals surface area (Å²) in [5.74, 6) is 0.392. The molecule has 0 radical (unpaired) electrons. The first kappa shape index (κ1) is 14.6. The van der Waals surface area contributed by atoms with Gasteiger partial charge in [-0.15, -0.1) is 0 Å². The van der Waals surface area contributed by atoms with Crippen LogP contribution < -0.4 is 9.47 Å². The maximum absolute atomic E-state index is 10.4. The molecule has 1 N–H and O–H groups in total. The molecule has 0 aliphatic carbocycles. The van der Waals surface area contributed by atoms with E-state index in [0.29, 0.717) is 18.1 Å². The van der Waals surface area contributed by atoms with Gasteiger partial charge in [0.05, 0.1) is 19.0 Å². The van der Waals surface area contributed by atoms with Crippen LogP contribution in [0.4, 0.5) is 0 Å². The zero-order valence-electron chi connectivity index (χ0n) is 11.5. The molecule has 5 heteroatoms. The maximum atomic E-state index is 10.4. The molecule has 0 bridgehead atoms. The second kappa shape index (κ2) is 7.09. The maximum Gasteiger partial charge on any atom is 0.328 e. The number of carboxylic acids is 1. The predicted octanol–water partition coefficient (Wildman–Crippen LogP) is 2.77. The second-order valence-corrected chi connectivity index (χ2v) is 4.23. The van der Waals surface area contributed by atoms with E-state index in [9.17, 15) is 4.79 Å². The van der Waals surface area contributed by atoms with Crippen molar-refractivity contribution in [3.8, 4) is 11.5 Å². The largest absolute Gasteiger partial charge is 0.497 e. The standard InChI is InChI=1S/C16H15NO4/c1-20-14-4-2-3-12(9-14)11-21-15-7-5-13(17-10-15)6-8-16(18)19/h2-10H,11H2,1H3,(H,18,19). The molecule has 2 rings (SSSR count). The van der Waals surface area contributed by atoms with E-state index >= 15 is 0 Å². The number of carboxylic acid groups (broad SMARTS) is 1. The average molecular weight is 285 g/mol. The fourth-order valence-electron chi connectivity index (χ4n) is 1.66. The number of carbonyl (C=O) groups is 1. The third kappa shape index (κ3) is 4.65. The van der Waals surface area contributed by atoms with Crippen LogP contribution in [0.1, 0.15) is 11.3 Å². The highest BCUT2D eigenvalue weighted by Gasteiger charge is 1.99. The molecule has 108 valence electrons. The number of methoxy groups -OCH3 is 1. The fourth-order valence-corrected chi connectivity index (χ4v) is 1.66. The van der Waals surface area contributed by atoms with Gasteiger partial charge in [-0.25, -0.2) is 4.79 Å². The molecular weight excluding hydrogens is 270 g/mol. The van der Waals surface area contributed by atoms with Gasteiger partial charge >= 0.3 is 5.97 Å². The summed E-state index contributed by atoms with van der Waals surface area (Å²) in [5.41, 5.74) is 1.55. The van der Waals surface area contributed by atoms with Crippen LogP contribution in [0.5, 0.6) is 11.5 Å². The van der Waals surface area contributed by atoms with E-state index in [1.807, 2.05) is 24.3 Å². The number of rotatable bonds is 6. The van der Waals surface area contributed by atoms with Gasteiger partial charge in [0.2, 0.25) is 0 Å². The van der Waals surface area contributed by atoms with Crippen LogP contribution in [-0.2, 0) is 11.4 Å². The topological polar surface area (TPSA) is 68.7 Å². The first-order chi connectivity index (χ1) is 10.2. The van der Waals surface area contributed by atoms with E-state index in [4.69, 9.17) is 14.6 Å². The molecule has 0 unspecified atom stereocenters. The SMILES string of the molecule is COc1cccc(COc2ccc(C=CC(=O)O)nc2)c1. The number of pyridine rings is 1. The van der Waals surface area contributed by atoms with Crippen LogP contribution in [0.2, 0.25) is 0 Å². The first-order valence-electron chi connectivity index (χ1n) is 6.30. The summed E-state index contributed by atoms with van der Waals surface area (Å²) >= 11 is 0. The normalized spacial score (nSPS) is 10.5. The van der Waals surface area contributed by atoms with Crippen LogP contribution in [0.3, 0.4) is 0 Å². The molecule has 0 amide bonds. The smallest absolute Gasteiger partial charge is 0.328 e. The van der Waals surface area contributed by atoms with Crippen LogP contribution in [0, 0.1) is 0 Å². The molecule has 1 aromatic carbocycles. The van der Waals surface area contributed by atoms with Crippen molar-refractivity contribution in [2.75, 3.05) is 7.11 Å². The molecule has 0 saturated carbocycles. The van der Waals surface area contributed by atoms with Gasteiger partial charge in [0.1, 0.15) is 18.1 Å². The zero-order valence-corrected chi connectivity index (χ0v) is 11.5. The van der Waals surface area contributed by atoms with E-state index in [1.165, 1.54) is 6.08 Å². The average Bonchev–Trinajstić information content (AvgIpc) is 2.52. The Balaban J connectivity index is 1.95. The van der Waals surface area contributed by atoms with E-state index < -0.39 is 5.97 Å². The number of nitrogens with zero attached hydrogens (tertiary/aromatic N) is 1. The van der Waals surface area contributed by atoms with Gasteiger partial charge in [-0.3, -0.25) is 4.98 Å². The van der Waals surface area contributed by atoms with Crippen molar-refractivity contribution >= 4 is 12.0 Å². The number of hydrogen-bond donors (Lipinski definition) is 1. The number of hydrogen-bond acceptors (Lipinski definition) is 4. The van der Waals surface area contributed by atoms with Crippen LogP contribution >= 0.6 is 0 Å². The molecule has 0 fully saturated rings. The van der Waals surface area contributed by atoms with E-state index in [1.54, 1.807) is 25.4 Å². The molecule has 2 aromatic rings. The summed E-state index contributed by atoms with van der Waals surface area (Å²) in [5, 5.41) is 8.53. The van der Waals surface area contributed by atoms with Crippen molar-refractivity contribution in [1.29, 1.82) is 0 Å². The van der Waals surface area contributed by atoms with Crippen molar-refractivity contribution in [3.63, 3.8) is 0 Å². The Kier molecular flexibility index (Phi) is 4.93. The van der Waals surface area contributed by atoms with Gasteiger partial charge in [0.25, 0.3) is 0 Å². The predicted molar refractivity (Wildman–Crippen MR) is 78.2 cm³/mol. The van der Waals surface area contributed by atoms with Gasteiger partial charge in [0.15, 0.2) is 0 Å². The second-order valence-electron chi connectivity index (χ2n) is 4.23. The van der Waals surface area contributed by atoms with Gasteiger partial charge < -0.3 is 14.6 Å². The Bertz CT molecular complexity index is 635. The lowest BCUT2D eigenvalue weighted by molar-refractivity contribution is -0.131. The van der Waals surface area contributed by atoms with E-state index in [0.717, 1.165) is 17.4 Å². The van der Waals surface area contributed by atoms with Crippen molar-refractivity contribution < 1.29 is 19.4 Å². The molecule has 0 aliphatic rings. The molecule has 21 heavy (non-hydrogen) atoms. The van der Waals surface area contributed by atoms with Gasteiger partial charge in [-0.05, 0) is 35.9 Å². The minimum atomic E-state index is -1.00. The van der Waals surface area contributed by atoms with Crippen molar-refractivity contribution in [1.82, 2.24) is 4.98 Å². The highest BCUT2D eigenvalue weighted by Crippen LogP contribution is 2.16. The number of aliphatic carboxylic acids is 1. The Morgan fingerprint density at radius 2 is 2.14 bits per heavy atom. The van der Waals surface area contributed by atoms with E-state index in [2.05, 4.69) is 4.98 Å². The third-order valence-corrected chi connectivity index (χ3v) is 2.70. The minimum absolute atomic E-state index is 0.406. The van der Waals surface area contributed by atoms with Crippen LogP contribution in [0.15, 0.2) is 48.7 Å². The number of benzene rings is 1. The summed E-state index contributed by atoms with van der Waals surface area (Å²) < 4.78 is 10.8. The highest BCUT2D eigenvalue weighted by atomic mass is 16.5. The van der Waals surface area contributed by atoms with Gasteiger partial charge in [0, 0.05) is 6.08 Å². The Morgan fingerprint density at radius 3 is 2.81 bits per heavy atom. The highest BCUT2D eigenvalue weighted by molar-refractivity contribution is 5.84. The zero-order chi connectivity index (χ0) is 15.1. The number of ether oxygens (including phenoxy) is 2. The molecule has 5 nitrogen and oxygen atoms in total. The summed E-state index contributed by atoms with van der Waals surface area (Å²) in [4.78, 5) is 14.5. The molecule has 0 aliphatic heterocycles. The Labute approximate surface area is 122 Å². The lowest BCUT2D eigenvalue weighted by atomic mass is 10.2. The van der Waals surface area contributed by atoms with Gasteiger partial charge in [-0.2, -0.15) is 0 Å². The molecule has 0 spiro atoms. The Hall–Kier alpha value is -2.82. The first-order valence-corrected chi connectivity index (χ1v) is 6.30. The molecule has 1 heterocycles. The third-order valence-electron chi connectivity index (χ3n) is 2.70. The van der Waals surface area contributed by atoms with Crippen molar-refractivity contribution in [2.24, 2.45) is 0 Å². The van der Waals surface area contributed by atoms with Crippen LogP contribution in [-0.4, -0.2) is 23.2 Å². The summed E-state index contributed by atoms with van der Waals surface area (Å²) in [6.07, 6.45) is 4.02. The number of aromatic nitrogens is 1. The molecule has 0 saturated heterocycles. The van der Waals surface area contributed by atoms with Crippen molar-refractivity contribution in [2.45, 2.75) is 6.61 Å². The quantitative estimate of drug-likeness (QED) is 0.826. The van der Waals surface area contributed by atoms with Crippen LogP contribution in [0.25, 0.3) is 6.08 Å². The van der Waals surface area contributed by atoms with Gasteiger partial charge in [-0.1, -0.05) is 12.1 Å².